The van der Waals surface area contributed by atoms with E-state index in [0.29, 0.717) is 12.3 Å². The first kappa shape index (κ1) is 13.0. The van der Waals surface area contributed by atoms with E-state index >= 15 is 0 Å². The van der Waals surface area contributed by atoms with Crippen LogP contribution in [0.1, 0.15) is 29.1 Å². The smallest absolute Gasteiger partial charge is 0.339 e. The Bertz CT molecular complexity index is 597. The van der Waals surface area contributed by atoms with Crippen molar-refractivity contribution in [3.63, 3.8) is 0 Å². The first-order valence-corrected chi connectivity index (χ1v) is 5.57. The molecule has 0 fully saturated rings. The van der Waals surface area contributed by atoms with Crippen molar-refractivity contribution >= 4 is 5.97 Å². The maximum Gasteiger partial charge on any atom is 0.339 e. The molecule has 0 amide bonds. The minimum atomic E-state index is -1.27. The van der Waals surface area contributed by atoms with Gasteiger partial charge < -0.3 is 14.3 Å². The molecule has 1 heterocycles. The van der Waals surface area contributed by atoms with E-state index in [-0.39, 0.29) is 23.8 Å². The molecule has 0 saturated carbocycles. The lowest BCUT2D eigenvalue weighted by Gasteiger charge is -2.07. The van der Waals surface area contributed by atoms with Gasteiger partial charge in [0.15, 0.2) is 18.2 Å². The molecule has 0 bridgehead atoms. The number of halogens is 1. The van der Waals surface area contributed by atoms with E-state index in [2.05, 4.69) is 10.2 Å². The number of carboxylic acids is 1. The van der Waals surface area contributed by atoms with Crippen LogP contribution in [-0.2, 0) is 13.0 Å². The highest BCUT2D eigenvalue weighted by atomic mass is 19.1. The first-order valence-electron chi connectivity index (χ1n) is 5.57. The molecule has 100 valence electrons. The molecule has 0 radical (unpaired) electrons. The van der Waals surface area contributed by atoms with Crippen LogP contribution in [0.3, 0.4) is 0 Å². The highest BCUT2D eigenvalue weighted by Gasteiger charge is 2.16. The second-order valence-electron chi connectivity index (χ2n) is 3.65. The Morgan fingerprint density at radius 1 is 1.42 bits per heavy atom. The number of carbonyl (C=O) groups is 1. The zero-order chi connectivity index (χ0) is 13.8. The Labute approximate surface area is 107 Å². The van der Waals surface area contributed by atoms with Crippen molar-refractivity contribution in [3.05, 3.63) is 41.4 Å². The summed E-state index contributed by atoms with van der Waals surface area (Å²) in [6.45, 7) is 1.66. The minimum absolute atomic E-state index is 0.163. The van der Waals surface area contributed by atoms with Gasteiger partial charge in [-0.3, -0.25) is 0 Å². The molecule has 2 rings (SSSR count). The van der Waals surface area contributed by atoms with Gasteiger partial charge in [-0.15, -0.1) is 10.2 Å². The first-order chi connectivity index (χ1) is 9.11. The normalized spacial score (nSPS) is 10.4. The average Bonchev–Trinajstić information content (AvgIpc) is 2.85. The molecule has 0 unspecified atom stereocenters. The minimum Gasteiger partial charge on any atom is -0.480 e. The van der Waals surface area contributed by atoms with Crippen LogP contribution < -0.4 is 4.74 Å². The summed E-state index contributed by atoms with van der Waals surface area (Å²) < 4.78 is 23.8. The quantitative estimate of drug-likeness (QED) is 0.891. The largest absolute Gasteiger partial charge is 0.480 e. The van der Waals surface area contributed by atoms with Crippen LogP contribution in [0.5, 0.6) is 5.75 Å². The summed E-state index contributed by atoms with van der Waals surface area (Å²) in [5.41, 5.74) is -0.254. The number of aromatic nitrogens is 2. The van der Waals surface area contributed by atoms with Gasteiger partial charge in [0.2, 0.25) is 5.89 Å². The number of hydrogen-bond acceptors (Lipinski definition) is 5. The van der Waals surface area contributed by atoms with Crippen LogP contribution in [0.4, 0.5) is 4.39 Å². The van der Waals surface area contributed by atoms with E-state index in [0.717, 1.165) is 6.07 Å². The Hall–Kier alpha value is -2.44. The number of aryl methyl sites for hydroxylation is 1. The fourth-order valence-electron chi connectivity index (χ4n) is 1.45. The van der Waals surface area contributed by atoms with E-state index in [9.17, 15) is 9.18 Å². The number of nitrogens with zero attached hydrogens (tertiary/aromatic N) is 2. The third-order valence-corrected chi connectivity index (χ3v) is 2.35. The van der Waals surface area contributed by atoms with Crippen LogP contribution in [0.25, 0.3) is 0 Å². The Morgan fingerprint density at radius 2 is 2.16 bits per heavy atom. The molecule has 7 heteroatoms. The van der Waals surface area contributed by atoms with Crippen molar-refractivity contribution in [1.29, 1.82) is 0 Å². The van der Waals surface area contributed by atoms with Crippen molar-refractivity contribution in [1.82, 2.24) is 10.2 Å². The van der Waals surface area contributed by atoms with Crippen LogP contribution in [0.15, 0.2) is 22.6 Å². The predicted molar refractivity (Wildman–Crippen MR) is 61.4 cm³/mol. The lowest BCUT2D eigenvalue weighted by atomic mass is 10.2. The third-order valence-electron chi connectivity index (χ3n) is 2.35. The van der Waals surface area contributed by atoms with Crippen LogP contribution >= 0.6 is 0 Å². The van der Waals surface area contributed by atoms with E-state index in [1.54, 1.807) is 0 Å². The molecule has 1 aromatic heterocycles. The van der Waals surface area contributed by atoms with Crippen molar-refractivity contribution < 1.29 is 23.4 Å². The van der Waals surface area contributed by atoms with Crippen molar-refractivity contribution in [2.45, 2.75) is 20.0 Å². The number of aromatic carboxylic acids is 1. The van der Waals surface area contributed by atoms with Gasteiger partial charge in [0.05, 0.1) is 0 Å². The summed E-state index contributed by atoms with van der Waals surface area (Å²) in [4.78, 5) is 10.9. The van der Waals surface area contributed by atoms with Gasteiger partial charge in [-0.25, -0.2) is 9.18 Å². The number of carboxylic acid groups (broad SMARTS) is 1. The summed E-state index contributed by atoms with van der Waals surface area (Å²) in [7, 11) is 0. The molecule has 1 aromatic carbocycles. The average molecular weight is 266 g/mol. The van der Waals surface area contributed by atoms with Crippen LogP contribution in [-0.4, -0.2) is 21.3 Å². The van der Waals surface area contributed by atoms with E-state index in [1.165, 1.54) is 12.1 Å². The second kappa shape index (κ2) is 5.47. The third kappa shape index (κ3) is 2.87. The van der Waals surface area contributed by atoms with Crippen molar-refractivity contribution in [2.75, 3.05) is 0 Å². The van der Waals surface area contributed by atoms with Gasteiger partial charge in [0.1, 0.15) is 5.56 Å². The van der Waals surface area contributed by atoms with Crippen LogP contribution in [0.2, 0.25) is 0 Å². The van der Waals surface area contributed by atoms with E-state index < -0.39 is 11.8 Å². The maximum atomic E-state index is 13.5. The lowest BCUT2D eigenvalue weighted by molar-refractivity contribution is 0.0689. The maximum absolute atomic E-state index is 13.5. The van der Waals surface area contributed by atoms with E-state index in [4.69, 9.17) is 14.3 Å². The summed E-state index contributed by atoms with van der Waals surface area (Å²) in [6, 6.07) is 3.67. The molecule has 0 atom stereocenters. The topological polar surface area (TPSA) is 85.5 Å². The molecule has 0 aliphatic rings. The number of para-hydroxylation sites is 1. The zero-order valence-electron chi connectivity index (χ0n) is 10.1. The predicted octanol–water partition coefficient (Wildman–Crippen LogP) is 2.05. The van der Waals surface area contributed by atoms with Gasteiger partial charge in [-0.2, -0.15) is 0 Å². The van der Waals surface area contributed by atoms with Crippen molar-refractivity contribution in [3.8, 4) is 5.75 Å². The Balaban J connectivity index is 2.17. The number of hydrogen-bond donors (Lipinski definition) is 1. The number of rotatable bonds is 5. The Kier molecular flexibility index (Phi) is 3.74. The molecule has 1 N–H and O–H groups in total. The lowest BCUT2D eigenvalue weighted by Crippen LogP contribution is -2.05. The number of ether oxygens (including phenoxy) is 1. The summed E-state index contributed by atoms with van der Waals surface area (Å²) in [5, 5.41) is 16.3. The van der Waals surface area contributed by atoms with Gasteiger partial charge in [0.25, 0.3) is 5.89 Å². The summed E-state index contributed by atoms with van der Waals surface area (Å²) in [5.74, 6) is -1.77. The monoisotopic (exact) mass is 266 g/mol. The molecule has 2 aromatic rings. The SMILES string of the molecule is CCc1nnc(COc2c(F)cccc2C(=O)O)o1. The summed E-state index contributed by atoms with van der Waals surface area (Å²) in [6.07, 6.45) is 0.576. The molecule has 0 aliphatic heterocycles. The fraction of sp³-hybridized carbons (Fsp3) is 0.250. The van der Waals surface area contributed by atoms with Crippen LogP contribution in [0, 0.1) is 5.82 Å². The second-order valence-corrected chi connectivity index (χ2v) is 3.65. The summed E-state index contributed by atoms with van der Waals surface area (Å²) >= 11 is 0. The Morgan fingerprint density at radius 3 is 2.79 bits per heavy atom. The zero-order valence-corrected chi connectivity index (χ0v) is 10.1. The molecule has 0 spiro atoms. The van der Waals surface area contributed by atoms with Crippen molar-refractivity contribution in [2.24, 2.45) is 0 Å². The molecule has 0 saturated heterocycles. The highest BCUT2D eigenvalue weighted by Crippen LogP contribution is 2.23. The van der Waals surface area contributed by atoms with Gasteiger partial charge in [-0.1, -0.05) is 13.0 Å². The molecular formula is C12H11FN2O4. The van der Waals surface area contributed by atoms with Gasteiger partial charge in [-0.05, 0) is 12.1 Å². The standard InChI is InChI=1S/C12H11FN2O4/c1-2-9-14-15-10(19-9)6-18-11-7(12(16)17)4-3-5-8(11)13/h3-5H,2,6H2,1H3,(H,16,17). The van der Waals surface area contributed by atoms with E-state index in [1.807, 2.05) is 6.92 Å². The molecule has 19 heavy (non-hydrogen) atoms. The van der Waals surface area contributed by atoms with Gasteiger partial charge in [0, 0.05) is 6.42 Å². The highest BCUT2D eigenvalue weighted by molar-refractivity contribution is 5.90. The molecule has 6 nitrogen and oxygen atoms in total. The molecule has 0 aliphatic carbocycles. The number of benzene rings is 1. The molecular weight excluding hydrogens is 255 g/mol. The fourth-order valence-corrected chi connectivity index (χ4v) is 1.45. The van der Waals surface area contributed by atoms with Gasteiger partial charge >= 0.3 is 5.97 Å².